The normalized spacial score (nSPS) is 11.5. The fourth-order valence-electron chi connectivity index (χ4n) is 3.35. The summed E-state index contributed by atoms with van der Waals surface area (Å²) in [5.41, 5.74) is 0. The zero-order valence-electron chi connectivity index (χ0n) is 22.8. The molecule has 0 saturated heterocycles. The third kappa shape index (κ3) is 33.9. The minimum absolute atomic E-state index is 0. The van der Waals surface area contributed by atoms with Gasteiger partial charge in [-0.05, 0) is 32.1 Å². The molecule has 0 bridgehead atoms. The maximum absolute atomic E-state index is 11.0. The third-order valence-electron chi connectivity index (χ3n) is 5.26. The van der Waals surface area contributed by atoms with E-state index >= 15 is 0 Å². The maximum atomic E-state index is 11.0. The fraction of sp³-hybridized carbons (Fsp3) is 0.846. The molecule has 208 valence electrons. The number of hydrogen-bond acceptors (Lipinski definition) is 7. The van der Waals surface area contributed by atoms with Crippen LogP contribution >= 0.6 is 0 Å². The molecule has 0 aliphatic carbocycles. The molecule has 8 nitrogen and oxygen atoms in total. The number of unbranched alkanes of at least 4 members (excludes halogenated alkanes) is 12. The van der Waals surface area contributed by atoms with Crippen LogP contribution in [0, 0.1) is 5.75 Å². The smallest absolute Gasteiger partial charge is 0.485 e. The minimum Gasteiger partial charge on any atom is -0.485 e. The van der Waals surface area contributed by atoms with E-state index in [1.165, 1.54) is 83.5 Å². The van der Waals surface area contributed by atoms with E-state index in [4.69, 9.17) is 18.8 Å². The van der Waals surface area contributed by atoms with Gasteiger partial charge in [0, 0.05) is 6.61 Å². The molecule has 10 heteroatoms. The zero-order chi connectivity index (χ0) is 25.9. The summed E-state index contributed by atoms with van der Waals surface area (Å²) in [5.74, 6) is -1.03. The topological polar surface area (TPSA) is 108 Å². The summed E-state index contributed by atoms with van der Waals surface area (Å²) in [6.45, 7) is 4.79. The summed E-state index contributed by atoms with van der Waals surface area (Å²) in [4.78, 5) is 11.0. The van der Waals surface area contributed by atoms with E-state index in [1.807, 2.05) is 0 Å². The monoisotopic (exact) mass is 544 g/mol. The van der Waals surface area contributed by atoms with E-state index in [1.54, 1.807) is 0 Å². The zero-order valence-corrected chi connectivity index (χ0v) is 25.6. The molecular formula is C26H49NaO8S. The van der Waals surface area contributed by atoms with Crippen molar-refractivity contribution in [2.24, 2.45) is 0 Å². The van der Waals surface area contributed by atoms with E-state index in [0.717, 1.165) is 13.0 Å². The Morgan fingerprint density at radius 1 is 0.667 bits per heavy atom. The molecule has 0 unspecified atom stereocenters. The predicted molar refractivity (Wildman–Crippen MR) is 139 cm³/mol. The van der Waals surface area contributed by atoms with Crippen molar-refractivity contribution in [2.45, 2.75) is 96.8 Å². The van der Waals surface area contributed by atoms with Crippen LogP contribution in [0.25, 0.3) is 0 Å². The maximum Gasteiger partial charge on any atom is 1.00 e. The van der Waals surface area contributed by atoms with Crippen molar-refractivity contribution >= 4 is 16.1 Å². The van der Waals surface area contributed by atoms with Crippen LogP contribution in [0.5, 0.6) is 0 Å². The van der Waals surface area contributed by atoms with Crippen molar-refractivity contribution in [3.05, 3.63) is 17.9 Å². The molecule has 0 saturated carbocycles. The summed E-state index contributed by atoms with van der Waals surface area (Å²) >= 11 is 0. The summed E-state index contributed by atoms with van der Waals surface area (Å²) in [5, 5.41) is 0. The molecule has 0 aromatic carbocycles. The average molecular weight is 545 g/mol. The molecule has 1 N–H and O–H groups in total. The molecule has 0 spiro atoms. The molecule has 0 radical (unpaired) electrons. The number of hydrogen-bond donors (Lipinski definition) is 1. The molecule has 0 aliphatic heterocycles. The molecule has 0 aromatic rings. The molecule has 0 aromatic heterocycles. The SMILES string of the molecule is CCCCCCCC/C=C/CCCCCCCCOCCOCCOCCOC(=O)[CH-]S(=O)(=O)O.[Na+]. The van der Waals surface area contributed by atoms with Crippen molar-refractivity contribution in [1.29, 1.82) is 0 Å². The van der Waals surface area contributed by atoms with Crippen LogP contribution in [0.2, 0.25) is 0 Å². The Balaban J connectivity index is 0. The first-order valence-electron chi connectivity index (χ1n) is 13.3. The molecule has 0 atom stereocenters. The molecule has 0 rings (SSSR count). The van der Waals surface area contributed by atoms with Gasteiger partial charge >= 0.3 is 29.6 Å². The van der Waals surface area contributed by atoms with Gasteiger partial charge in [-0.25, -0.2) is 8.42 Å². The largest absolute Gasteiger partial charge is 1.00 e. The van der Waals surface area contributed by atoms with Gasteiger partial charge in [0.2, 0.25) is 0 Å². The van der Waals surface area contributed by atoms with Gasteiger partial charge in [-0.1, -0.05) is 76.9 Å². The van der Waals surface area contributed by atoms with Gasteiger partial charge in [0.15, 0.2) is 16.1 Å². The van der Waals surface area contributed by atoms with Crippen molar-refractivity contribution in [3.8, 4) is 0 Å². The number of allylic oxidation sites excluding steroid dienone is 2. The van der Waals surface area contributed by atoms with Crippen LogP contribution < -0.4 is 29.6 Å². The van der Waals surface area contributed by atoms with Crippen LogP contribution in [0.4, 0.5) is 0 Å². The first kappa shape index (κ1) is 38.0. The van der Waals surface area contributed by atoms with E-state index in [0.29, 0.717) is 26.4 Å². The van der Waals surface area contributed by atoms with Crippen molar-refractivity contribution in [1.82, 2.24) is 0 Å². The standard InChI is InChI=1S/C26H49O8S.Na/c1-2-3-4-5-6-7-8-9-10-11-12-13-14-15-16-17-18-31-19-20-32-21-22-33-23-24-34-26(27)25-35(28,29)30;/h9-10,25H,2-8,11-24H2,1H3,(H,28,29,30);/q-1;+1/b10-9+;. The van der Waals surface area contributed by atoms with Gasteiger partial charge in [0.05, 0.1) is 33.0 Å². The van der Waals surface area contributed by atoms with Gasteiger partial charge in [0.25, 0.3) is 0 Å². The van der Waals surface area contributed by atoms with Crippen LogP contribution in [0.15, 0.2) is 12.2 Å². The molecule has 0 aliphatic rings. The number of rotatable bonds is 27. The molecule has 0 heterocycles. The number of carbonyl (C=O) groups excluding carboxylic acids is 1. The summed E-state index contributed by atoms with van der Waals surface area (Å²) in [6, 6.07) is 0. The Bertz CT molecular complexity index is 599. The van der Waals surface area contributed by atoms with Crippen molar-refractivity contribution in [2.75, 3.05) is 46.2 Å². The van der Waals surface area contributed by atoms with E-state index in [9.17, 15) is 13.2 Å². The van der Waals surface area contributed by atoms with E-state index in [2.05, 4.69) is 23.8 Å². The number of esters is 1. The Labute approximate surface area is 242 Å². The summed E-state index contributed by atoms with van der Waals surface area (Å²) in [6.07, 6.45) is 22.9. The van der Waals surface area contributed by atoms with E-state index in [-0.39, 0.29) is 48.5 Å². The molecule has 0 amide bonds. The van der Waals surface area contributed by atoms with Gasteiger partial charge in [0.1, 0.15) is 6.61 Å². The predicted octanol–water partition coefficient (Wildman–Crippen LogP) is 2.67. The van der Waals surface area contributed by atoms with Crippen molar-refractivity contribution < 1.29 is 66.3 Å². The average Bonchev–Trinajstić information content (AvgIpc) is 2.80. The first-order chi connectivity index (χ1) is 17.0. The molecule has 36 heavy (non-hydrogen) atoms. The summed E-state index contributed by atoms with van der Waals surface area (Å²) in [7, 11) is -4.48. The second-order valence-electron chi connectivity index (χ2n) is 8.58. The summed E-state index contributed by atoms with van der Waals surface area (Å²) < 4.78 is 50.0. The molecular weight excluding hydrogens is 495 g/mol. The third-order valence-corrected chi connectivity index (χ3v) is 5.75. The van der Waals surface area contributed by atoms with Gasteiger partial charge in [-0.3, -0.25) is 4.79 Å². The Morgan fingerprint density at radius 3 is 1.58 bits per heavy atom. The number of carbonyl (C=O) groups is 1. The Morgan fingerprint density at radius 2 is 1.08 bits per heavy atom. The van der Waals surface area contributed by atoms with E-state index < -0.39 is 16.1 Å². The quantitative estimate of drug-likeness (QED) is 0.0420. The second-order valence-corrected chi connectivity index (χ2v) is 9.84. The van der Waals surface area contributed by atoms with Crippen LogP contribution in [-0.2, 0) is 33.9 Å². The Kier molecular flexibility index (Phi) is 31.1. The van der Waals surface area contributed by atoms with Crippen LogP contribution in [0.1, 0.15) is 96.8 Å². The Hall–Kier alpha value is -0.130. The first-order valence-corrected chi connectivity index (χ1v) is 14.8. The van der Waals surface area contributed by atoms with Gasteiger partial charge < -0.3 is 23.5 Å². The van der Waals surface area contributed by atoms with Crippen LogP contribution in [0.3, 0.4) is 0 Å². The fourth-order valence-corrected chi connectivity index (χ4v) is 3.66. The number of ether oxygens (including phenoxy) is 4. The second kappa shape index (κ2) is 29.4. The van der Waals surface area contributed by atoms with Gasteiger partial charge in [-0.2, -0.15) is 0 Å². The minimum atomic E-state index is -4.48. The van der Waals surface area contributed by atoms with Gasteiger partial charge in [-0.15, -0.1) is 5.75 Å². The van der Waals surface area contributed by atoms with Crippen LogP contribution in [-0.4, -0.2) is 65.2 Å². The molecule has 0 fully saturated rings. The van der Waals surface area contributed by atoms with Crippen molar-refractivity contribution in [3.63, 3.8) is 0 Å².